The lowest BCUT2D eigenvalue weighted by Crippen LogP contribution is -1.99. The Kier molecular flexibility index (Phi) is 3.32. The zero-order chi connectivity index (χ0) is 8.97. The Labute approximate surface area is 77.3 Å². The molecule has 0 radical (unpaired) electrons. The van der Waals surface area contributed by atoms with Gasteiger partial charge in [-0.3, -0.25) is 0 Å². The molecule has 1 aromatic rings. The first kappa shape index (κ1) is 9.30. The third-order valence-corrected chi connectivity index (χ3v) is 1.99. The largest absolute Gasteiger partial charge is 0.395 e. The molecule has 1 nitrogen and oxygen atoms in total. The monoisotopic (exact) mass is 182 g/mol. The molecule has 0 amide bonds. The lowest BCUT2D eigenvalue weighted by Gasteiger charge is -2.08. The van der Waals surface area contributed by atoms with Crippen LogP contribution in [0, 0.1) is 0 Å². The zero-order valence-electron chi connectivity index (χ0n) is 6.70. The Morgan fingerprint density at radius 1 is 1.58 bits per heavy atom. The topological polar surface area (TPSA) is 20.2 Å². The van der Waals surface area contributed by atoms with E-state index < -0.39 is 0 Å². The Bertz CT molecular complexity index is 270. The fourth-order valence-electron chi connectivity index (χ4n) is 1.05. The van der Waals surface area contributed by atoms with Crippen LogP contribution in [-0.2, 0) is 0 Å². The predicted molar refractivity (Wildman–Crippen MR) is 51.5 cm³/mol. The average Bonchev–Trinajstić information content (AvgIpc) is 2.07. The maximum atomic E-state index is 8.96. The smallest absolute Gasteiger partial charge is 0.0534 e. The summed E-state index contributed by atoms with van der Waals surface area (Å²) in [5.74, 6) is -0.0105. The lowest BCUT2D eigenvalue weighted by atomic mass is 10.0. The van der Waals surface area contributed by atoms with Crippen molar-refractivity contribution in [1.82, 2.24) is 0 Å². The number of halogens is 1. The van der Waals surface area contributed by atoms with Crippen molar-refractivity contribution in [3.63, 3.8) is 0 Å². The molecular formula is C10H11ClO. The minimum absolute atomic E-state index is 0.0105. The van der Waals surface area contributed by atoms with Crippen LogP contribution in [0.2, 0.25) is 5.02 Å². The number of benzene rings is 1. The highest BCUT2D eigenvalue weighted by molar-refractivity contribution is 6.30. The first-order chi connectivity index (χ1) is 5.77. The van der Waals surface area contributed by atoms with Crippen LogP contribution in [0.5, 0.6) is 0 Å². The van der Waals surface area contributed by atoms with Crippen LogP contribution in [0.3, 0.4) is 0 Å². The van der Waals surface area contributed by atoms with Crippen LogP contribution < -0.4 is 0 Å². The van der Waals surface area contributed by atoms with E-state index in [4.69, 9.17) is 16.7 Å². The van der Waals surface area contributed by atoms with Crippen LogP contribution in [0.1, 0.15) is 11.5 Å². The molecule has 0 heterocycles. The van der Waals surface area contributed by atoms with E-state index in [2.05, 4.69) is 6.58 Å². The maximum absolute atomic E-state index is 8.96. The summed E-state index contributed by atoms with van der Waals surface area (Å²) < 4.78 is 0. The van der Waals surface area contributed by atoms with Crippen LogP contribution in [0.15, 0.2) is 36.9 Å². The van der Waals surface area contributed by atoms with Gasteiger partial charge in [-0.1, -0.05) is 29.8 Å². The molecule has 0 saturated carbocycles. The molecule has 0 aliphatic rings. The minimum Gasteiger partial charge on any atom is -0.395 e. The number of rotatable bonds is 3. The summed E-state index contributed by atoms with van der Waals surface area (Å²) in [7, 11) is 0. The van der Waals surface area contributed by atoms with Crippen LogP contribution in [0.4, 0.5) is 0 Å². The third kappa shape index (κ3) is 2.10. The van der Waals surface area contributed by atoms with Crippen molar-refractivity contribution in [2.24, 2.45) is 0 Å². The summed E-state index contributed by atoms with van der Waals surface area (Å²) in [6, 6.07) is 7.44. The first-order valence-corrected chi connectivity index (χ1v) is 4.14. The van der Waals surface area contributed by atoms with Crippen molar-refractivity contribution in [2.45, 2.75) is 5.92 Å². The molecule has 0 aromatic heterocycles. The molecule has 0 spiro atoms. The Hall–Kier alpha value is -0.790. The molecule has 0 fully saturated rings. The fourth-order valence-corrected chi connectivity index (χ4v) is 1.25. The zero-order valence-corrected chi connectivity index (χ0v) is 7.46. The SMILES string of the molecule is C=CC(CO)c1cccc(Cl)c1. The predicted octanol–water partition coefficient (Wildman–Crippen LogP) is 2.60. The summed E-state index contributed by atoms with van der Waals surface area (Å²) in [6.07, 6.45) is 1.71. The van der Waals surface area contributed by atoms with Crippen molar-refractivity contribution < 1.29 is 5.11 Å². The van der Waals surface area contributed by atoms with Gasteiger partial charge in [-0.05, 0) is 17.7 Å². The van der Waals surface area contributed by atoms with Gasteiger partial charge in [0, 0.05) is 10.9 Å². The van der Waals surface area contributed by atoms with Gasteiger partial charge >= 0.3 is 0 Å². The molecule has 0 bridgehead atoms. The van der Waals surface area contributed by atoms with Crippen molar-refractivity contribution in [3.05, 3.63) is 47.5 Å². The highest BCUT2D eigenvalue weighted by Crippen LogP contribution is 2.19. The van der Waals surface area contributed by atoms with Crippen LogP contribution in [0.25, 0.3) is 0 Å². The van der Waals surface area contributed by atoms with Crippen molar-refractivity contribution in [3.8, 4) is 0 Å². The van der Waals surface area contributed by atoms with E-state index in [-0.39, 0.29) is 12.5 Å². The average molecular weight is 183 g/mol. The second-order valence-electron chi connectivity index (χ2n) is 2.58. The first-order valence-electron chi connectivity index (χ1n) is 3.77. The lowest BCUT2D eigenvalue weighted by molar-refractivity contribution is 0.283. The summed E-state index contributed by atoms with van der Waals surface area (Å²) in [5, 5.41) is 9.64. The summed E-state index contributed by atoms with van der Waals surface area (Å²) in [5.41, 5.74) is 1.00. The van der Waals surface area contributed by atoms with Gasteiger partial charge in [0.2, 0.25) is 0 Å². The molecule has 1 atom stereocenters. The van der Waals surface area contributed by atoms with E-state index in [1.807, 2.05) is 24.3 Å². The molecule has 1 aromatic carbocycles. The number of aliphatic hydroxyl groups is 1. The van der Waals surface area contributed by atoms with Crippen molar-refractivity contribution >= 4 is 11.6 Å². The van der Waals surface area contributed by atoms with Gasteiger partial charge in [-0.15, -0.1) is 6.58 Å². The van der Waals surface area contributed by atoms with E-state index in [1.54, 1.807) is 6.08 Å². The number of aliphatic hydroxyl groups excluding tert-OH is 1. The van der Waals surface area contributed by atoms with Crippen LogP contribution >= 0.6 is 11.6 Å². The highest BCUT2D eigenvalue weighted by atomic mass is 35.5. The minimum atomic E-state index is -0.0105. The molecule has 64 valence electrons. The van der Waals surface area contributed by atoms with E-state index >= 15 is 0 Å². The van der Waals surface area contributed by atoms with Crippen LogP contribution in [-0.4, -0.2) is 11.7 Å². The Balaban J connectivity index is 2.93. The molecule has 0 aliphatic heterocycles. The second kappa shape index (κ2) is 4.29. The summed E-state index contributed by atoms with van der Waals surface area (Å²) in [6.45, 7) is 3.71. The molecule has 2 heteroatoms. The van der Waals surface area contributed by atoms with E-state index in [0.717, 1.165) is 5.56 Å². The molecule has 1 N–H and O–H groups in total. The van der Waals surface area contributed by atoms with E-state index in [1.165, 1.54) is 0 Å². The normalized spacial score (nSPS) is 12.5. The molecule has 1 unspecified atom stereocenters. The molecule has 0 saturated heterocycles. The standard InChI is InChI=1S/C10H11ClO/c1-2-8(7-12)9-4-3-5-10(11)6-9/h2-6,8,12H,1,7H2. The van der Waals surface area contributed by atoms with Gasteiger partial charge in [0.25, 0.3) is 0 Å². The van der Waals surface area contributed by atoms with E-state index in [9.17, 15) is 0 Å². The Morgan fingerprint density at radius 3 is 2.83 bits per heavy atom. The number of hydrogen-bond donors (Lipinski definition) is 1. The van der Waals surface area contributed by atoms with Gasteiger partial charge in [-0.25, -0.2) is 0 Å². The van der Waals surface area contributed by atoms with Gasteiger partial charge in [0.05, 0.1) is 6.61 Å². The van der Waals surface area contributed by atoms with Gasteiger partial charge in [0.15, 0.2) is 0 Å². The maximum Gasteiger partial charge on any atom is 0.0534 e. The highest BCUT2D eigenvalue weighted by Gasteiger charge is 2.04. The quantitative estimate of drug-likeness (QED) is 0.713. The van der Waals surface area contributed by atoms with E-state index in [0.29, 0.717) is 5.02 Å². The number of hydrogen-bond acceptors (Lipinski definition) is 1. The van der Waals surface area contributed by atoms with Gasteiger partial charge in [-0.2, -0.15) is 0 Å². The van der Waals surface area contributed by atoms with Crippen molar-refractivity contribution in [2.75, 3.05) is 6.61 Å². The summed E-state index contributed by atoms with van der Waals surface area (Å²) in [4.78, 5) is 0. The summed E-state index contributed by atoms with van der Waals surface area (Å²) >= 11 is 5.79. The molecular weight excluding hydrogens is 172 g/mol. The van der Waals surface area contributed by atoms with Gasteiger partial charge in [0.1, 0.15) is 0 Å². The molecule has 12 heavy (non-hydrogen) atoms. The Morgan fingerprint density at radius 2 is 2.33 bits per heavy atom. The van der Waals surface area contributed by atoms with Crippen molar-refractivity contribution in [1.29, 1.82) is 0 Å². The third-order valence-electron chi connectivity index (χ3n) is 1.76. The molecule has 0 aliphatic carbocycles. The molecule has 1 rings (SSSR count). The van der Waals surface area contributed by atoms with Gasteiger partial charge < -0.3 is 5.11 Å². The second-order valence-corrected chi connectivity index (χ2v) is 3.02. The fraction of sp³-hybridized carbons (Fsp3) is 0.200.